The molecule has 38 heavy (non-hydrogen) atoms. The summed E-state index contributed by atoms with van der Waals surface area (Å²) in [5, 5.41) is 5.79. The van der Waals surface area contributed by atoms with Crippen LogP contribution in [0.25, 0.3) is 0 Å². The molecule has 0 bridgehead atoms. The normalized spacial score (nSPS) is 12.9. The molecule has 2 rings (SSSR count). The molecule has 2 atom stereocenters. The molecule has 2 N–H and O–H groups in total. The van der Waals surface area contributed by atoms with E-state index >= 15 is 0 Å². The smallest absolute Gasteiger partial charge is 0.408 e. The molecule has 0 radical (unpaired) electrons. The van der Waals surface area contributed by atoms with E-state index in [4.69, 9.17) is 4.74 Å². The second kappa shape index (κ2) is 13.3. The predicted molar refractivity (Wildman–Crippen MR) is 153 cm³/mol. The molecule has 0 heterocycles. The number of aryl methyl sites for hydroxylation is 3. The maximum Gasteiger partial charge on any atom is 0.408 e. The highest BCUT2D eigenvalue weighted by Gasteiger charge is 2.37. The van der Waals surface area contributed by atoms with Crippen molar-refractivity contribution in [2.75, 3.05) is 11.9 Å². The summed E-state index contributed by atoms with van der Waals surface area (Å²) in [4.78, 5) is 42.3. The molecule has 3 amide bonds. The van der Waals surface area contributed by atoms with Gasteiger partial charge in [0.25, 0.3) is 5.91 Å². The molecule has 0 saturated heterocycles. The number of ether oxygens (including phenoxy) is 1. The standard InChI is InChI=1S/C31H43N3O4/c1-10-18-34(29(36)25(19-20(2)3)33-30(37)38-31(7,8)9)27(26-22(5)15-13-16-23(26)6)28(35)32-24-17-12-11-14-21(24)4/h10-17,20,25,27H,1,18-19H2,2-9H3,(H,32,35)(H,33,37). The molecule has 2 aromatic rings. The molecule has 2 unspecified atom stereocenters. The summed E-state index contributed by atoms with van der Waals surface area (Å²) in [5.74, 6) is -0.617. The number of carbonyl (C=O) groups is 3. The second-order valence-electron chi connectivity index (χ2n) is 11.1. The first-order valence-corrected chi connectivity index (χ1v) is 13.1. The number of nitrogens with one attached hydrogen (secondary N) is 2. The first-order valence-electron chi connectivity index (χ1n) is 13.1. The van der Waals surface area contributed by atoms with E-state index in [0.29, 0.717) is 12.1 Å². The molecule has 7 heteroatoms. The largest absolute Gasteiger partial charge is 0.444 e. The van der Waals surface area contributed by atoms with Crippen LogP contribution in [0.3, 0.4) is 0 Å². The summed E-state index contributed by atoms with van der Waals surface area (Å²) in [7, 11) is 0. The third-order valence-corrected chi connectivity index (χ3v) is 6.08. The van der Waals surface area contributed by atoms with Gasteiger partial charge in [-0.05, 0) is 82.2 Å². The Labute approximate surface area is 227 Å². The molecule has 206 valence electrons. The summed E-state index contributed by atoms with van der Waals surface area (Å²) >= 11 is 0. The highest BCUT2D eigenvalue weighted by atomic mass is 16.6. The second-order valence-corrected chi connectivity index (χ2v) is 11.1. The van der Waals surface area contributed by atoms with Crippen LogP contribution in [-0.2, 0) is 14.3 Å². The van der Waals surface area contributed by atoms with E-state index in [2.05, 4.69) is 17.2 Å². The number of rotatable bonds is 10. The van der Waals surface area contributed by atoms with E-state index in [1.807, 2.05) is 77.1 Å². The molecule has 0 aliphatic carbocycles. The Bertz CT molecular complexity index is 1130. The molecule has 0 spiro atoms. The molecular weight excluding hydrogens is 478 g/mol. The van der Waals surface area contributed by atoms with Crippen molar-refractivity contribution in [1.29, 1.82) is 0 Å². The van der Waals surface area contributed by atoms with E-state index in [9.17, 15) is 14.4 Å². The van der Waals surface area contributed by atoms with Crippen LogP contribution in [0.4, 0.5) is 10.5 Å². The van der Waals surface area contributed by atoms with E-state index < -0.39 is 23.8 Å². The Morgan fingerprint density at radius 2 is 1.55 bits per heavy atom. The third kappa shape index (κ3) is 8.47. The Morgan fingerprint density at radius 3 is 2.08 bits per heavy atom. The molecule has 0 aliphatic heterocycles. The van der Waals surface area contributed by atoms with Crippen molar-refractivity contribution < 1.29 is 19.1 Å². The summed E-state index contributed by atoms with van der Waals surface area (Å²) < 4.78 is 5.44. The number of amides is 3. The van der Waals surface area contributed by atoms with Gasteiger partial charge in [0, 0.05) is 12.2 Å². The van der Waals surface area contributed by atoms with Crippen molar-refractivity contribution in [2.24, 2.45) is 5.92 Å². The lowest BCUT2D eigenvalue weighted by Gasteiger charge is -2.35. The van der Waals surface area contributed by atoms with Gasteiger partial charge in [-0.2, -0.15) is 0 Å². The highest BCUT2D eigenvalue weighted by molar-refractivity contribution is 5.99. The van der Waals surface area contributed by atoms with Gasteiger partial charge < -0.3 is 20.3 Å². The van der Waals surface area contributed by atoms with Crippen LogP contribution in [0.2, 0.25) is 0 Å². The van der Waals surface area contributed by atoms with Crippen LogP contribution >= 0.6 is 0 Å². The van der Waals surface area contributed by atoms with Crippen LogP contribution in [0.5, 0.6) is 0 Å². The van der Waals surface area contributed by atoms with Gasteiger partial charge in [-0.3, -0.25) is 9.59 Å². The number of carbonyl (C=O) groups excluding carboxylic acids is 3. The van der Waals surface area contributed by atoms with Gasteiger partial charge in [-0.25, -0.2) is 4.79 Å². The summed E-state index contributed by atoms with van der Waals surface area (Å²) in [5.41, 5.74) is 3.38. The SMILES string of the molecule is C=CCN(C(=O)C(CC(C)C)NC(=O)OC(C)(C)C)C(C(=O)Nc1ccccc1C)c1c(C)cccc1C. The molecule has 0 aromatic heterocycles. The monoisotopic (exact) mass is 521 g/mol. The molecule has 2 aromatic carbocycles. The molecule has 0 aliphatic rings. The predicted octanol–water partition coefficient (Wildman–Crippen LogP) is 6.25. The summed E-state index contributed by atoms with van der Waals surface area (Å²) in [6.45, 7) is 19.0. The van der Waals surface area contributed by atoms with Crippen LogP contribution < -0.4 is 10.6 Å². The van der Waals surface area contributed by atoms with Crippen molar-refractivity contribution in [3.05, 3.63) is 77.4 Å². The number of alkyl carbamates (subject to hydrolysis) is 1. The molecule has 0 fully saturated rings. The van der Waals surface area contributed by atoms with Crippen molar-refractivity contribution in [2.45, 2.75) is 79.5 Å². The van der Waals surface area contributed by atoms with Gasteiger partial charge in [0.2, 0.25) is 5.91 Å². The van der Waals surface area contributed by atoms with E-state index in [0.717, 1.165) is 22.3 Å². The minimum Gasteiger partial charge on any atom is -0.444 e. The number of benzene rings is 2. The Balaban J connectivity index is 2.59. The van der Waals surface area contributed by atoms with Crippen LogP contribution in [-0.4, -0.2) is 41.0 Å². The van der Waals surface area contributed by atoms with E-state index in [1.165, 1.54) is 4.90 Å². The highest BCUT2D eigenvalue weighted by Crippen LogP contribution is 2.30. The lowest BCUT2D eigenvalue weighted by Crippen LogP contribution is -2.53. The molecule has 0 saturated carbocycles. The third-order valence-electron chi connectivity index (χ3n) is 6.08. The molecular formula is C31H43N3O4. The maximum absolute atomic E-state index is 14.2. The lowest BCUT2D eigenvalue weighted by molar-refractivity contribution is -0.140. The fourth-order valence-corrected chi connectivity index (χ4v) is 4.41. The Kier molecular flexibility index (Phi) is 10.7. The number of anilines is 1. The maximum atomic E-state index is 14.2. The Hall–Kier alpha value is -3.61. The van der Waals surface area contributed by atoms with Crippen LogP contribution in [0, 0.1) is 26.7 Å². The van der Waals surface area contributed by atoms with E-state index in [-0.39, 0.29) is 24.3 Å². The van der Waals surface area contributed by atoms with Gasteiger partial charge >= 0.3 is 6.09 Å². The molecule has 7 nitrogen and oxygen atoms in total. The Morgan fingerprint density at radius 1 is 0.974 bits per heavy atom. The number of para-hydroxylation sites is 1. The minimum absolute atomic E-state index is 0.101. The fourth-order valence-electron chi connectivity index (χ4n) is 4.41. The number of nitrogens with zero attached hydrogens (tertiary/aromatic N) is 1. The van der Waals surface area contributed by atoms with Gasteiger partial charge in [0.1, 0.15) is 17.7 Å². The van der Waals surface area contributed by atoms with Gasteiger partial charge in [0.15, 0.2) is 0 Å². The first kappa shape index (κ1) is 30.6. The number of hydrogen-bond donors (Lipinski definition) is 2. The fraction of sp³-hybridized carbons (Fsp3) is 0.452. The summed E-state index contributed by atoms with van der Waals surface area (Å²) in [6, 6.07) is 11.5. The topological polar surface area (TPSA) is 87.7 Å². The van der Waals surface area contributed by atoms with Gasteiger partial charge in [-0.15, -0.1) is 6.58 Å². The van der Waals surface area contributed by atoms with Crippen molar-refractivity contribution in [3.63, 3.8) is 0 Å². The first-order chi connectivity index (χ1) is 17.7. The van der Waals surface area contributed by atoms with E-state index in [1.54, 1.807) is 26.8 Å². The van der Waals surface area contributed by atoms with Crippen molar-refractivity contribution >= 4 is 23.6 Å². The lowest BCUT2D eigenvalue weighted by atomic mass is 9.93. The van der Waals surface area contributed by atoms with Gasteiger partial charge in [-0.1, -0.05) is 56.3 Å². The van der Waals surface area contributed by atoms with Crippen LogP contribution in [0.15, 0.2) is 55.1 Å². The van der Waals surface area contributed by atoms with Crippen molar-refractivity contribution in [1.82, 2.24) is 10.2 Å². The van der Waals surface area contributed by atoms with Crippen molar-refractivity contribution in [3.8, 4) is 0 Å². The summed E-state index contributed by atoms with van der Waals surface area (Å²) in [6.07, 6.45) is 1.30. The average Bonchev–Trinajstić information content (AvgIpc) is 2.79. The zero-order valence-corrected chi connectivity index (χ0v) is 24.1. The quantitative estimate of drug-likeness (QED) is 0.362. The zero-order valence-electron chi connectivity index (χ0n) is 24.1. The zero-order chi connectivity index (χ0) is 28.6. The minimum atomic E-state index is -0.948. The average molecular weight is 522 g/mol. The van der Waals surface area contributed by atoms with Gasteiger partial charge in [0.05, 0.1) is 0 Å². The van der Waals surface area contributed by atoms with Crippen LogP contribution in [0.1, 0.15) is 69.3 Å². The number of hydrogen-bond acceptors (Lipinski definition) is 4.